The van der Waals surface area contributed by atoms with Gasteiger partial charge in [-0.05, 0) is 42.7 Å². The van der Waals surface area contributed by atoms with Crippen LogP contribution in [0.15, 0.2) is 30.5 Å². The summed E-state index contributed by atoms with van der Waals surface area (Å²) in [5.41, 5.74) is 8.83. The van der Waals surface area contributed by atoms with Gasteiger partial charge in [-0.3, -0.25) is 0 Å². The van der Waals surface area contributed by atoms with Crippen LogP contribution in [0.25, 0.3) is 0 Å². The number of aromatic nitrogens is 1. The molecule has 1 heterocycles. The van der Waals surface area contributed by atoms with Crippen molar-refractivity contribution in [3.05, 3.63) is 52.2 Å². The van der Waals surface area contributed by atoms with Crippen LogP contribution in [0.2, 0.25) is 5.02 Å². The van der Waals surface area contributed by atoms with Gasteiger partial charge in [-0.2, -0.15) is 0 Å². The van der Waals surface area contributed by atoms with Gasteiger partial charge in [0.15, 0.2) is 0 Å². The van der Waals surface area contributed by atoms with Crippen molar-refractivity contribution >= 4 is 11.6 Å². The van der Waals surface area contributed by atoms with Gasteiger partial charge in [0.1, 0.15) is 5.75 Å². The molecule has 4 heteroatoms. The lowest BCUT2D eigenvalue weighted by Gasteiger charge is -2.08. The molecule has 0 fully saturated rings. The molecule has 2 N–H and O–H groups in total. The number of rotatable bonds is 3. The van der Waals surface area contributed by atoms with Crippen molar-refractivity contribution < 1.29 is 4.74 Å². The molecule has 0 saturated carbocycles. The first kappa shape index (κ1) is 12.9. The number of hydrogen-bond acceptors (Lipinski definition) is 3. The second-order valence-electron chi connectivity index (χ2n) is 4.17. The van der Waals surface area contributed by atoms with Gasteiger partial charge in [0, 0.05) is 18.8 Å². The summed E-state index contributed by atoms with van der Waals surface area (Å²) in [5.74, 6) is 1.26. The van der Waals surface area contributed by atoms with Crippen molar-refractivity contribution in [3.63, 3.8) is 0 Å². The summed E-state index contributed by atoms with van der Waals surface area (Å²) in [5, 5.41) is 0.560. The zero-order chi connectivity index (χ0) is 13.1. The Morgan fingerprint density at radius 2 is 2.00 bits per heavy atom. The second kappa shape index (κ2) is 5.38. The van der Waals surface area contributed by atoms with E-state index in [0.29, 0.717) is 17.4 Å². The molecule has 0 aliphatic carbocycles. The number of nitrogens with zero attached hydrogens (tertiary/aromatic N) is 1. The smallest absolute Gasteiger partial charge is 0.219 e. The minimum Gasteiger partial charge on any atom is -0.439 e. The predicted octanol–water partition coefficient (Wildman–Crippen LogP) is 3.60. The zero-order valence-electron chi connectivity index (χ0n) is 10.4. The van der Waals surface area contributed by atoms with Crippen LogP contribution >= 0.6 is 11.6 Å². The van der Waals surface area contributed by atoms with E-state index in [2.05, 4.69) is 11.9 Å². The molecule has 2 aromatic rings. The van der Waals surface area contributed by atoms with Crippen LogP contribution in [0, 0.1) is 13.8 Å². The van der Waals surface area contributed by atoms with E-state index in [1.165, 1.54) is 11.1 Å². The van der Waals surface area contributed by atoms with Gasteiger partial charge in [-0.25, -0.2) is 4.98 Å². The number of hydrogen-bond donors (Lipinski definition) is 1. The summed E-state index contributed by atoms with van der Waals surface area (Å²) < 4.78 is 5.69. The van der Waals surface area contributed by atoms with Crippen molar-refractivity contribution in [2.45, 2.75) is 20.4 Å². The van der Waals surface area contributed by atoms with Crippen molar-refractivity contribution in [2.24, 2.45) is 5.73 Å². The van der Waals surface area contributed by atoms with Crippen molar-refractivity contribution in [1.82, 2.24) is 4.98 Å². The number of aryl methyl sites for hydroxylation is 2. The molecule has 0 aliphatic rings. The number of halogens is 1. The number of benzene rings is 1. The first-order valence-corrected chi connectivity index (χ1v) is 6.07. The molecule has 94 valence electrons. The maximum Gasteiger partial charge on any atom is 0.219 e. The highest BCUT2D eigenvalue weighted by molar-refractivity contribution is 6.31. The van der Waals surface area contributed by atoms with E-state index >= 15 is 0 Å². The molecule has 1 aromatic heterocycles. The number of ether oxygens (including phenoxy) is 1. The zero-order valence-corrected chi connectivity index (χ0v) is 11.2. The molecule has 0 amide bonds. The largest absolute Gasteiger partial charge is 0.439 e. The van der Waals surface area contributed by atoms with E-state index in [1.807, 2.05) is 25.1 Å². The molecule has 2 rings (SSSR count). The Hall–Kier alpha value is -1.58. The van der Waals surface area contributed by atoms with Crippen LogP contribution in [0.5, 0.6) is 11.6 Å². The van der Waals surface area contributed by atoms with Gasteiger partial charge in [-0.15, -0.1) is 0 Å². The average molecular weight is 263 g/mol. The average Bonchev–Trinajstić information content (AvgIpc) is 2.36. The first-order chi connectivity index (χ1) is 8.60. The molecule has 0 bridgehead atoms. The molecular weight excluding hydrogens is 248 g/mol. The quantitative estimate of drug-likeness (QED) is 0.919. The van der Waals surface area contributed by atoms with Crippen molar-refractivity contribution in [3.8, 4) is 11.6 Å². The van der Waals surface area contributed by atoms with Gasteiger partial charge in [0.05, 0.1) is 5.02 Å². The van der Waals surface area contributed by atoms with E-state index in [-0.39, 0.29) is 0 Å². The normalized spacial score (nSPS) is 10.4. The third-order valence-electron chi connectivity index (χ3n) is 2.83. The van der Waals surface area contributed by atoms with E-state index in [1.54, 1.807) is 12.3 Å². The summed E-state index contributed by atoms with van der Waals surface area (Å²) in [6, 6.07) is 7.68. The monoisotopic (exact) mass is 262 g/mol. The molecule has 0 unspecified atom stereocenters. The fourth-order valence-electron chi connectivity index (χ4n) is 1.57. The molecule has 18 heavy (non-hydrogen) atoms. The van der Waals surface area contributed by atoms with E-state index in [0.717, 1.165) is 11.3 Å². The first-order valence-electron chi connectivity index (χ1n) is 5.69. The summed E-state index contributed by atoms with van der Waals surface area (Å²) in [7, 11) is 0. The second-order valence-corrected chi connectivity index (χ2v) is 4.57. The minimum absolute atomic E-state index is 0.366. The van der Waals surface area contributed by atoms with Crippen LogP contribution in [0.3, 0.4) is 0 Å². The van der Waals surface area contributed by atoms with Gasteiger partial charge < -0.3 is 10.5 Å². The van der Waals surface area contributed by atoms with Crippen LogP contribution < -0.4 is 10.5 Å². The maximum atomic E-state index is 5.95. The van der Waals surface area contributed by atoms with Gasteiger partial charge in [0.2, 0.25) is 5.88 Å². The highest BCUT2D eigenvalue weighted by Gasteiger charge is 2.04. The predicted molar refractivity (Wildman–Crippen MR) is 73.1 cm³/mol. The highest BCUT2D eigenvalue weighted by atomic mass is 35.5. The maximum absolute atomic E-state index is 5.95. The Labute approximate surface area is 112 Å². The summed E-state index contributed by atoms with van der Waals surface area (Å²) >= 11 is 5.95. The molecule has 0 saturated heterocycles. The lowest BCUT2D eigenvalue weighted by atomic mass is 10.1. The van der Waals surface area contributed by atoms with Crippen molar-refractivity contribution in [2.75, 3.05) is 0 Å². The lowest BCUT2D eigenvalue weighted by molar-refractivity contribution is 0.461. The third kappa shape index (κ3) is 2.81. The highest BCUT2D eigenvalue weighted by Crippen LogP contribution is 2.25. The van der Waals surface area contributed by atoms with E-state index in [9.17, 15) is 0 Å². The van der Waals surface area contributed by atoms with Gasteiger partial charge in [-0.1, -0.05) is 17.7 Å². The molecule has 0 spiro atoms. The van der Waals surface area contributed by atoms with Crippen LogP contribution in [-0.4, -0.2) is 4.98 Å². The molecule has 3 nitrogen and oxygen atoms in total. The Morgan fingerprint density at radius 3 is 2.67 bits per heavy atom. The van der Waals surface area contributed by atoms with Gasteiger partial charge in [0.25, 0.3) is 0 Å². The number of pyridine rings is 1. The Morgan fingerprint density at radius 1 is 1.22 bits per heavy atom. The van der Waals surface area contributed by atoms with Crippen LogP contribution in [0.1, 0.15) is 16.7 Å². The Balaban J connectivity index is 2.25. The SMILES string of the molecule is Cc1ccc(Oc2cc(CN)c(Cl)cn2)cc1C. The molecule has 0 aliphatic heterocycles. The topological polar surface area (TPSA) is 48.1 Å². The summed E-state index contributed by atoms with van der Waals surface area (Å²) in [6.07, 6.45) is 1.56. The third-order valence-corrected chi connectivity index (χ3v) is 3.17. The molecule has 0 radical (unpaired) electrons. The fourth-order valence-corrected chi connectivity index (χ4v) is 1.75. The van der Waals surface area contributed by atoms with E-state index in [4.69, 9.17) is 22.1 Å². The van der Waals surface area contributed by atoms with Crippen molar-refractivity contribution in [1.29, 1.82) is 0 Å². The van der Waals surface area contributed by atoms with Crippen LogP contribution in [0.4, 0.5) is 0 Å². The Bertz CT molecular complexity index is 570. The molecule has 0 atom stereocenters. The standard InChI is InChI=1S/C14H15ClN2O/c1-9-3-4-12(5-10(9)2)18-14-6-11(7-16)13(15)8-17-14/h3-6,8H,7,16H2,1-2H3. The lowest BCUT2D eigenvalue weighted by Crippen LogP contribution is -1.99. The number of nitrogens with two attached hydrogens (primary N) is 1. The molecular formula is C14H15ClN2O. The fraction of sp³-hybridized carbons (Fsp3) is 0.214. The van der Waals surface area contributed by atoms with E-state index < -0.39 is 0 Å². The summed E-state index contributed by atoms with van der Waals surface area (Å²) in [4.78, 5) is 4.12. The summed E-state index contributed by atoms with van der Waals surface area (Å²) in [6.45, 7) is 4.47. The van der Waals surface area contributed by atoms with Crippen LogP contribution in [-0.2, 0) is 6.54 Å². The Kier molecular flexibility index (Phi) is 3.84. The molecule has 1 aromatic carbocycles. The van der Waals surface area contributed by atoms with Gasteiger partial charge >= 0.3 is 0 Å². The minimum atomic E-state index is 0.366.